The number of aryl methyl sites for hydroxylation is 1. The van der Waals surface area contributed by atoms with Crippen molar-refractivity contribution >= 4 is 33.3 Å². The molecule has 0 unspecified atom stereocenters. The van der Waals surface area contributed by atoms with Crippen LogP contribution in [0.5, 0.6) is 0 Å². The number of primary amides is 1. The minimum atomic E-state index is -3.72. The van der Waals surface area contributed by atoms with Gasteiger partial charge in [-0.2, -0.15) is 0 Å². The first kappa shape index (κ1) is 21.8. The lowest BCUT2D eigenvalue weighted by Gasteiger charge is -2.08. The van der Waals surface area contributed by atoms with Crippen LogP contribution in [0.1, 0.15) is 12.0 Å². The third-order valence-corrected chi connectivity index (χ3v) is 6.85. The van der Waals surface area contributed by atoms with Gasteiger partial charge in [-0.3, -0.25) is 14.2 Å². The van der Waals surface area contributed by atoms with Crippen molar-refractivity contribution in [2.45, 2.75) is 29.9 Å². The van der Waals surface area contributed by atoms with Crippen LogP contribution in [0.3, 0.4) is 0 Å². The molecule has 11 heteroatoms. The highest BCUT2D eigenvalue weighted by molar-refractivity contribution is 8.00. The SMILES string of the molecule is Cc1ccc(S(=O)(=O)CC(=O)CSc2nnc(-c3ccco3)n2CCC(N)=O)cc1. The number of carbonyl (C=O) groups is 2. The van der Waals surface area contributed by atoms with Crippen LogP contribution >= 0.6 is 11.8 Å². The van der Waals surface area contributed by atoms with Gasteiger partial charge < -0.3 is 10.2 Å². The predicted octanol–water partition coefficient (Wildman–Crippen LogP) is 1.86. The zero-order chi connectivity index (χ0) is 21.7. The van der Waals surface area contributed by atoms with Crippen molar-refractivity contribution in [2.75, 3.05) is 11.5 Å². The Morgan fingerprint density at radius 1 is 1.17 bits per heavy atom. The van der Waals surface area contributed by atoms with Gasteiger partial charge in [-0.25, -0.2) is 8.42 Å². The molecule has 0 spiro atoms. The molecule has 9 nitrogen and oxygen atoms in total. The van der Waals surface area contributed by atoms with Gasteiger partial charge in [0.05, 0.1) is 16.9 Å². The van der Waals surface area contributed by atoms with E-state index in [4.69, 9.17) is 10.2 Å². The first-order valence-corrected chi connectivity index (χ1v) is 11.6. The number of nitrogens with two attached hydrogens (primary N) is 1. The molecule has 3 rings (SSSR count). The maximum Gasteiger partial charge on any atom is 0.219 e. The molecular formula is C19H20N4O5S2. The second-order valence-corrected chi connectivity index (χ2v) is 9.48. The van der Waals surface area contributed by atoms with Gasteiger partial charge in [-0.05, 0) is 31.2 Å². The Hall–Kier alpha value is -2.92. The van der Waals surface area contributed by atoms with E-state index in [1.165, 1.54) is 18.4 Å². The molecule has 30 heavy (non-hydrogen) atoms. The molecule has 2 aromatic heterocycles. The first-order chi connectivity index (χ1) is 14.3. The summed E-state index contributed by atoms with van der Waals surface area (Å²) in [5, 5.41) is 8.47. The second kappa shape index (κ2) is 9.26. The normalized spacial score (nSPS) is 11.5. The van der Waals surface area contributed by atoms with Gasteiger partial charge in [0.2, 0.25) is 5.91 Å². The molecule has 0 aliphatic carbocycles. The zero-order valence-corrected chi connectivity index (χ0v) is 17.8. The Morgan fingerprint density at radius 3 is 2.53 bits per heavy atom. The summed E-state index contributed by atoms with van der Waals surface area (Å²) in [6.07, 6.45) is 1.53. The summed E-state index contributed by atoms with van der Waals surface area (Å²) in [5.41, 5.74) is 6.17. The van der Waals surface area contributed by atoms with Crippen LogP contribution in [-0.4, -0.2) is 46.4 Å². The standard InChI is InChI=1S/C19H20N4O5S2/c1-13-4-6-15(7-5-13)30(26,27)12-14(24)11-29-19-22-21-18(16-3-2-10-28-16)23(19)9-8-17(20)25/h2-7,10H,8-9,11-12H2,1H3,(H2,20,25). The molecule has 0 aliphatic heterocycles. The maximum atomic E-state index is 12.4. The molecule has 2 heterocycles. The number of hydrogen-bond acceptors (Lipinski definition) is 8. The summed E-state index contributed by atoms with van der Waals surface area (Å²) in [7, 11) is -3.72. The van der Waals surface area contributed by atoms with Crippen molar-refractivity contribution in [2.24, 2.45) is 5.73 Å². The van der Waals surface area contributed by atoms with E-state index < -0.39 is 27.3 Å². The van der Waals surface area contributed by atoms with Crippen molar-refractivity contribution in [3.63, 3.8) is 0 Å². The summed E-state index contributed by atoms with van der Waals surface area (Å²) < 4.78 is 31.8. The van der Waals surface area contributed by atoms with Crippen molar-refractivity contribution in [1.82, 2.24) is 14.8 Å². The number of sulfone groups is 1. The number of aromatic nitrogens is 3. The number of hydrogen-bond donors (Lipinski definition) is 1. The maximum absolute atomic E-state index is 12.4. The third kappa shape index (κ3) is 5.36. The second-order valence-electron chi connectivity index (χ2n) is 6.55. The van der Waals surface area contributed by atoms with Crippen molar-refractivity contribution in [3.05, 3.63) is 48.2 Å². The summed E-state index contributed by atoms with van der Waals surface area (Å²) in [4.78, 5) is 23.6. The number of thioether (sulfide) groups is 1. The lowest BCUT2D eigenvalue weighted by molar-refractivity contribution is -0.118. The molecule has 0 saturated heterocycles. The molecule has 0 atom stereocenters. The largest absolute Gasteiger partial charge is 0.461 e. The number of ketones is 1. The van der Waals surface area contributed by atoms with E-state index >= 15 is 0 Å². The predicted molar refractivity (Wildman–Crippen MR) is 110 cm³/mol. The average Bonchev–Trinajstić information content (AvgIpc) is 3.34. The Labute approximate surface area is 177 Å². The molecule has 0 bridgehead atoms. The van der Waals surface area contributed by atoms with Gasteiger partial charge in [0.1, 0.15) is 5.75 Å². The molecule has 0 aliphatic rings. The van der Waals surface area contributed by atoms with Gasteiger partial charge in [-0.1, -0.05) is 29.5 Å². The van der Waals surface area contributed by atoms with Gasteiger partial charge in [0, 0.05) is 13.0 Å². The Bertz CT molecular complexity index is 1140. The summed E-state index contributed by atoms with van der Waals surface area (Å²) in [5.74, 6) is -0.841. The Kier molecular flexibility index (Phi) is 6.73. The molecular weight excluding hydrogens is 428 g/mol. The highest BCUT2D eigenvalue weighted by atomic mass is 32.2. The lowest BCUT2D eigenvalue weighted by atomic mass is 10.2. The molecule has 0 saturated carbocycles. The fraction of sp³-hybridized carbons (Fsp3) is 0.263. The molecule has 0 fully saturated rings. The van der Waals surface area contributed by atoms with E-state index in [9.17, 15) is 18.0 Å². The van der Waals surface area contributed by atoms with Crippen molar-refractivity contribution in [3.8, 4) is 11.6 Å². The van der Waals surface area contributed by atoms with Crippen LogP contribution in [0.4, 0.5) is 0 Å². The van der Waals surface area contributed by atoms with Gasteiger partial charge in [0.15, 0.2) is 32.4 Å². The third-order valence-electron chi connectivity index (χ3n) is 4.13. The van der Waals surface area contributed by atoms with Crippen molar-refractivity contribution in [1.29, 1.82) is 0 Å². The van der Waals surface area contributed by atoms with Crippen LogP contribution in [0.2, 0.25) is 0 Å². The quantitative estimate of drug-likeness (QED) is 0.464. The average molecular weight is 449 g/mol. The van der Waals surface area contributed by atoms with Crippen LogP contribution in [-0.2, 0) is 26.0 Å². The molecule has 1 aromatic carbocycles. The number of Topliss-reactive ketones (excluding diaryl/α,β-unsaturated/α-hetero) is 1. The summed E-state index contributed by atoms with van der Waals surface area (Å²) >= 11 is 1.04. The van der Waals surface area contributed by atoms with Crippen molar-refractivity contribution < 1.29 is 22.4 Å². The van der Waals surface area contributed by atoms with E-state index in [0.29, 0.717) is 16.7 Å². The van der Waals surface area contributed by atoms with Gasteiger partial charge in [0.25, 0.3) is 0 Å². The number of amides is 1. The number of nitrogens with zero attached hydrogens (tertiary/aromatic N) is 3. The topological polar surface area (TPSA) is 138 Å². The lowest BCUT2D eigenvalue weighted by Crippen LogP contribution is -2.18. The van der Waals surface area contributed by atoms with Crippen LogP contribution in [0.25, 0.3) is 11.6 Å². The molecule has 3 aromatic rings. The zero-order valence-electron chi connectivity index (χ0n) is 16.1. The minimum absolute atomic E-state index is 0.0507. The summed E-state index contributed by atoms with van der Waals surface area (Å²) in [6, 6.07) is 9.72. The smallest absolute Gasteiger partial charge is 0.219 e. The van der Waals surface area contributed by atoms with Crippen LogP contribution < -0.4 is 5.73 Å². The van der Waals surface area contributed by atoms with E-state index in [2.05, 4.69) is 10.2 Å². The number of rotatable bonds is 10. The Morgan fingerprint density at radius 2 is 1.90 bits per heavy atom. The molecule has 0 radical (unpaired) electrons. The minimum Gasteiger partial charge on any atom is -0.461 e. The van der Waals surface area contributed by atoms with E-state index in [0.717, 1.165) is 17.3 Å². The van der Waals surface area contributed by atoms with Crippen LogP contribution in [0.15, 0.2) is 57.1 Å². The summed E-state index contributed by atoms with van der Waals surface area (Å²) in [6.45, 7) is 2.06. The fourth-order valence-corrected chi connectivity index (χ4v) is 4.83. The molecule has 1 amide bonds. The van der Waals surface area contributed by atoms with Gasteiger partial charge in [-0.15, -0.1) is 10.2 Å². The highest BCUT2D eigenvalue weighted by Gasteiger charge is 2.22. The van der Waals surface area contributed by atoms with E-state index in [1.54, 1.807) is 28.8 Å². The van der Waals surface area contributed by atoms with E-state index in [1.807, 2.05) is 6.92 Å². The Balaban J connectivity index is 1.71. The molecule has 158 valence electrons. The highest BCUT2D eigenvalue weighted by Crippen LogP contribution is 2.25. The fourth-order valence-electron chi connectivity index (χ4n) is 2.63. The van der Waals surface area contributed by atoms with Crippen LogP contribution in [0, 0.1) is 6.92 Å². The number of furan rings is 1. The monoisotopic (exact) mass is 448 g/mol. The first-order valence-electron chi connectivity index (χ1n) is 8.95. The molecule has 2 N–H and O–H groups in total. The van der Waals surface area contributed by atoms with E-state index in [-0.39, 0.29) is 23.6 Å². The number of benzene rings is 1. The number of carbonyl (C=O) groups excluding carboxylic acids is 2. The van der Waals surface area contributed by atoms with Gasteiger partial charge >= 0.3 is 0 Å².